The Morgan fingerprint density at radius 2 is 2.07 bits per heavy atom. The fourth-order valence-electron chi connectivity index (χ4n) is 2.40. The molecule has 2 atom stereocenters. The van der Waals surface area contributed by atoms with Crippen molar-refractivity contribution >= 4 is 33.3 Å². The van der Waals surface area contributed by atoms with Crippen LogP contribution in [0.15, 0.2) is 35.4 Å². The molecule has 146 valence electrons. The number of hydrogen-bond donors (Lipinski definition) is 3. The van der Waals surface area contributed by atoms with E-state index in [2.05, 4.69) is 20.0 Å². The van der Waals surface area contributed by atoms with Gasteiger partial charge in [0.1, 0.15) is 10.6 Å². The van der Waals surface area contributed by atoms with Crippen molar-refractivity contribution in [1.29, 1.82) is 0 Å². The topological polar surface area (TPSA) is 123 Å². The second-order valence-electron chi connectivity index (χ2n) is 6.18. The van der Waals surface area contributed by atoms with E-state index in [4.69, 9.17) is 21.1 Å². The number of aliphatic hydroxyl groups is 1. The van der Waals surface area contributed by atoms with Gasteiger partial charge in [-0.3, -0.25) is 0 Å². The van der Waals surface area contributed by atoms with Crippen LogP contribution in [0.1, 0.15) is 6.92 Å². The van der Waals surface area contributed by atoms with Crippen LogP contribution in [0.5, 0.6) is 5.88 Å². The SMILES string of the molecule is CNS(=O)(=O)c1ccc(Nc2ncc(Cl)c(OC3COCC3(C)O)n2)cc1. The average Bonchev–Trinajstić information content (AvgIpc) is 2.96. The van der Waals surface area contributed by atoms with E-state index in [1.807, 2.05) is 0 Å². The van der Waals surface area contributed by atoms with Crippen LogP contribution in [0.4, 0.5) is 11.6 Å². The Labute approximate surface area is 161 Å². The predicted octanol–water partition coefficient (Wildman–Crippen LogP) is 1.31. The molecule has 0 radical (unpaired) electrons. The number of anilines is 2. The van der Waals surface area contributed by atoms with Crippen LogP contribution in [0, 0.1) is 0 Å². The van der Waals surface area contributed by atoms with Crippen molar-refractivity contribution in [3.8, 4) is 5.88 Å². The van der Waals surface area contributed by atoms with Crippen LogP contribution >= 0.6 is 11.6 Å². The molecule has 1 fully saturated rings. The van der Waals surface area contributed by atoms with Crippen molar-refractivity contribution in [1.82, 2.24) is 14.7 Å². The third kappa shape index (κ3) is 4.47. The Balaban J connectivity index is 1.76. The zero-order chi connectivity index (χ0) is 19.7. The minimum Gasteiger partial charge on any atom is -0.468 e. The number of halogens is 1. The third-order valence-electron chi connectivity index (χ3n) is 4.01. The lowest BCUT2D eigenvalue weighted by Crippen LogP contribution is -2.42. The van der Waals surface area contributed by atoms with E-state index in [0.29, 0.717) is 5.69 Å². The predicted molar refractivity (Wildman–Crippen MR) is 98.9 cm³/mol. The highest BCUT2D eigenvalue weighted by atomic mass is 35.5. The van der Waals surface area contributed by atoms with Gasteiger partial charge < -0.3 is 19.9 Å². The van der Waals surface area contributed by atoms with Crippen molar-refractivity contribution in [3.63, 3.8) is 0 Å². The number of benzene rings is 1. The number of rotatable bonds is 6. The van der Waals surface area contributed by atoms with Gasteiger partial charge in [0.25, 0.3) is 0 Å². The molecular formula is C16H19ClN4O5S. The smallest absolute Gasteiger partial charge is 0.240 e. The molecule has 1 saturated heterocycles. The Morgan fingerprint density at radius 3 is 2.67 bits per heavy atom. The molecule has 11 heteroatoms. The summed E-state index contributed by atoms with van der Waals surface area (Å²) in [5.74, 6) is 0.316. The fraction of sp³-hybridized carbons (Fsp3) is 0.375. The Morgan fingerprint density at radius 1 is 1.37 bits per heavy atom. The summed E-state index contributed by atoms with van der Waals surface area (Å²) in [5, 5.41) is 13.4. The number of nitrogens with zero attached hydrogens (tertiary/aromatic N) is 2. The summed E-state index contributed by atoms with van der Waals surface area (Å²) >= 11 is 6.08. The average molecular weight is 415 g/mol. The van der Waals surface area contributed by atoms with Crippen LogP contribution in [-0.2, 0) is 14.8 Å². The molecule has 0 aliphatic carbocycles. The van der Waals surface area contributed by atoms with E-state index in [1.165, 1.54) is 25.4 Å². The number of hydrogen-bond acceptors (Lipinski definition) is 8. The molecule has 27 heavy (non-hydrogen) atoms. The molecule has 9 nitrogen and oxygen atoms in total. The quantitative estimate of drug-likeness (QED) is 0.646. The molecule has 3 rings (SSSR count). The van der Waals surface area contributed by atoms with E-state index in [-0.39, 0.29) is 35.0 Å². The van der Waals surface area contributed by atoms with E-state index in [9.17, 15) is 13.5 Å². The molecule has 2 heterocycles. The molecular weight excluding hydrogens is 396 g/mol. The first-order valence-corrected chi connectivity index (χ1v) is 9.87. The molecule has 0 amide bonds. The van der Waals surface area contributed by atoms with E-state index >= 15 is 0 Å². The van der Waals surface area contributed by atoms with Crippen LogP contribution in [0.3, 0.4) is 0 Å². The van der Waals surface area contributed by atoms with Gasteiger partial charge in [-0.15, -0.1) is 0 Å². The maximum Gasteiger partial charge on any atom is 0.240 e. The molecule has 1 aliphatic rings. The summed E-state index contributed by atoms with van der Waals surface area (Å²) in [4.78, 5) is 8.42. The first-order chi connectivity index (χ1) is 12.7. The highest BCUT2D eigenvalue weighted by molar-refractivity contribution is 7.89. The zero-order valence-electron chi connectivity index (χ0n) is 14.6. The standard InChI is InChI=1S/C16H19ClN4O5S/c1-16(22)9-25-8-13(16)26-14-12(17)7-19-15(21-14)20-10-3-5-11(6-4-10)27(23,24)18-2/h3-7,13,18,22H,8-9H2,1-2H3,(H,19,20,21). The van der Waals surface area contributed by atoms with Crippen LogP contribution in [0.25, 0.3) is 0 Å². The van der Waals surface area contributed by atoms with Crippen molar-refractivity contribution in [2.24, 2.45) is 0 Å². The van der Waals surface area contributed by atoms with Gasteiger partial charge in [-0.25, -0.2) is 18.1 Å². The Hall–Kier alpha value is -1.98. The lowest BCUT2D eigenvalue weighted by Gasteiger charge is -2.23. The van der Waals surface area contributed by atoms with Gasteiger partial charge in [0, 0.05) is 5.69 Å². The molecule has 1 aromatic carbocycles. The summed E-state index contributed by atoms with van der Waals surface area (Å²) in [6.07, 6.45) is 0.764. The first kappa shape index (κ1) is 19.8. The molecule has 2 aromatic rings. The normalized spacial score (nSPS) is 22.6. The number of ether oxygens (including phenoxy) is 2. The summed E-state index contributed by atoms with van der Waals surface area (Å²) in [6.45, 7) is 1.99. The molecule has 0 bridgehead atoms. The van der Waals surface area contributed by atoms with Crippen LogP contribution in [0.2, 0.25) is 5.02 Å². The minimum atomic E-state index is -3.51. The van der Waals surface area contributed by atoms with E-state index in [0.717, 1.165) is 0 Å². The minimum absolute atomic E-state index is 0.110. The number of aromatic nitrogens is 2. The van der Waals surface area contributed by atoms with Crippen LogP contribution in [-0.4, -0.2) is 55.5 Å². The summed E-state index contributed by atoms with van der Waals surface area (Å²) in [7, 11) is -2.16. The van der Waals surface area contributed by atoms with Crippen LogP contribution < -0.4 is 14.8 Å². The van der Waals surface area contributed by atoms with E-state index in [1.54, 1.807) is 19.1 Å². The lowest BCUT2D eigenvalue weighted by atomic mass is 10.0. The van der Waals surface area contributed by atoms with Crippen molar-refractivity contribution in [2.45, 2.75) is 23.5 Å². The van der Waals surface area contributed by atoms with Gasteiger partial charge in [0.15, 0.2) is 6.10 Å². The van der Waals surface area contributed by atoms with Gasteiger partial charge in [-0.2, -0.15) is 4.98 Å². The highest BCUT2D eigenvalue weighted by Crippen LogP contribution is 2.29. The van der Waals surface area contributed by atoms with Gasteiger partial charge >= 0.3 is 0 Å². The first-order valence-electron chi connectivity index (χ1n) is 8.01. The zero-order valence-corrected chi connectivity index (χ0v) is 16.2. The van der Waals surface area contributed by atoms with E-state index < -0.39 is 21.7 Å². The van der Waals surface area contributed by atoms with Crippen molar-refractivity contribution < 1.29 is 23.0 Å². The van der Waals surface area contributed by atoms with Crippen molar-refractivity contribution in [3.05, 3.63) is 35.5 Å². The summed E-state index contributed by atoms with van der Waals surface area (Å²) in [6, 6.07) is 6.07. The molecule has 0 spiro atoms. The summed E-state index contributed by atoms with van der Waals surface area (Å²) in [5.41, 5.74) is -0.564. The molecule has 0 saturated carbocycles. The Kier molecular flexibility index (Phi) is 5.54. The second-order valence-corrected chi connectivity index (χ2v) is 8.48. The second kappa shape index (κ2) is 7.56. The number of sulfonamides is 1. The van der Waals surface area contributed by atoms with Gasteiger partial charge in [0.2, 0.25) is 21.9 Å². The maximum absolute atomic E-state index is 11.8. The van der Waals surface area contributed by atoms with Gasteiger partial charge in [-0.05, 0) is 38.2 Å². The van der Waals surface area contributed by atoms with Crippen molar-refractivity contribution in [2.75, 3.05) is 25.6 Å². The Bertz CT molecular complexity index is 921. The molecule has 2 unspecified atom stereocenters. The highest BCUT2D eigenvalue weighted by Gasteiger charge is 2.40. The van der Waals surface area contributed by atoms with Gasteiger partial charge in [0.05, 0.1) is 24.3 Å². The molecule has 3 N–H and O–H groups in total. The third-order valence-corrected chi connectivity index (χ3v) is 5.70. The molecule has 1 aromatic heterocycles. The largest absolute Gasteiger partial charge is 0.468 e. The summed E-state index contributed by atoms with van der Waals surface area (Å²) < 4.78 is 36.7. The fourth-order valence-corrected chi connectivity index (χ4v) is 3.27. The van der Waals surface area contributed by atoms with Gasteiger partial charge in [-0.1, -0.05) is 11.6 Å². The molecule has 1 aliphatic heterocycles. The number of nitrogens with one attached hydrogen (secondary N) is 2. The maximum atomic E-state index is 11.8. The monoisotopic (exact) mass is 414 g/mol. The lowest BCUT2D eigenvalue weighted by molar-refractivity contribution is -0.0175.